The van der Waals surface area contributed by atoms with Crippen molar-refractivity contribution in [3.8, 4) is 0 Å². The molecule has 0 spiro atoms. The molecule has 4 nitrogen and oxygen atoms in total. The third-order valence-corrected chi connectivity index (χ3v) is 4.77. The lowest BCUT2D eigenvalue weighted by atomic mass is 9.90. The first-order valence-corrected chi connectivity index (χ1v) is 9.13. The molecule has 2 aromatic rings. The molecule has 1 aliphatic carbocycles. The van der Waals surface area contributed by atoms with Gasteiger partial charge in [0, 0.05) is 31.9 Å². The van der Waals surface area contributed by atoms with Gasteiger partial charge in [-0.3, -0.25) is 0 Å². The van der Waals surface area contributed by atoms with Gasteiger partial charge < -0.3 is 22.4 Å². The number of rotatable bonds is 4. The van der Waals surface area contributed by atoms with Crippen molar-refractivity contribution in [2.24, 2.45) is 0 Å². The van der Waals surface area contributed by atoms with E-state index in [0.29, 0.717) is 0 Å². The lowest BCUT2D eigenvalue weighted by Crippen LogP contribution is -3.00. The molecule has 150 valence electrons. The summed E-state index contributed by atoms with van der Waals surface area (Å²) in [5.74, 6) is -0.918. The second-order valence-corrected chi connectivity index (χ2v) is 7.14. The maximum atomic E-state index is 11.2. The maximum Gasteiger partial charge on any atom is 0.335 e. The van der Waals surface area contributed by atoms with E-state index in [2.05, 4.69) is 58.0 Å². The van der Waals surface area contributed by atoms with Gasteiger partial charge in [-0.2, -0.15) is 0 Å². The molecule has 0 aliphatic heterocycles. The Balaban J connectivity index is 0.00000300. The van der Waals surface area contributed by atoms with E-state index in [0.717, 1.165) is 33.7 Å². The summed E-state index contributed by atoms with van der Waals surface area (Å²) in [7, 11) is 8.07. The molecule has 0 amide bonds. The van der Waals surface area contributed by atoms with Crippen LogP contribution in [0.25, 0.3) is 5.57 Å². The summed E-state index contributed by atoms with van der Waals surface area (Å²) in [6.07, 6.45) is 8.40. The van der Waals surface area contributed by atoms with E-state index in [9.17, 15) is 9.90 Å². The molecule has 0 aromatic heterocycles. The van der Waals surface area contributed by atoms with Gasteiger partial charge in [0.25, 0.3) is 0 Å². The van der Waals surface area contributed by atoms with Gasteiger partial charge in [0.05, 0.1) is 5.56 Å². The molecule has 3 rings (SSSR count). The number of hydrogen-bond donors (Lipinski definition) is 1. The van der Waals surface area contributed by atoms with Crippen LogP contribution >= 0.6 is 0 Å². The summed E-state index contributed by atoms with van der Waals surface area (Å²) in [4.78, 5) is 13.3. The van der Waals surface area contributed by atoms with E-state index < -0.39 is 5.97 Å². The number of nitrogens with zero attached hydrogens (tertiary/aromatic N) is 2. The Morgan fingerprint density at radius 2 is 1.24 bits per heavy atom. The van der Waals surface area contributed by atoms with Gasteiger partial charge in [0.2, 0.25) is 0 Å². The van der Waals surface area contributed by atoms with E-state index in [-0.39, 0.29) is 18.0 Å². The van der Waals surface area contributed by atoms with Gasteiger partial charge in [0.15, 0.2) is 5.71 Å². The molecule has 5 heteroatoms. The Morgan fingerprint density at radius 3 is 1.66 bits per heavy atom. The van der Waals surface area contributed by atoms with Crippen molar-refractivity contribution in [2.45, 2.75) is 0 Å². The first-order valence-electron chi connectivity index (χ1n) is 9.13. The predicted octanol–water partition coefficient (Wildman–Crippen LogP) is 1.10. The zero-order chi connectivity index (χ0) is 20.3. The highest BCUT2D eigenvalue weighted by molar-refractivity contribution is 6.04. The molecular weight excluding hydrogens is 384 g/mol. The highest BCUT2D eigenvalue weighted by atomic mass is 35.5. The van der Waals surface area contributed by atoms with Crippen molar-refractivity contribution in [2.75, 3.05) is 33.1 Å². The van der Waals surface area contributed by atoms with Gasteiger partial charge in [-0.05, 0) is 58.7 Å². The summed E-state index contributed by atoms with van der Waals surface area (Å²) in [6.45, 7) is 0. The zero-order valence-electron chi connectivity index (χ0n) is 17.1. The van der Waals surface area contributed by atoms with Crippen LogP contribution in [-0.4, -0.2) is 49.6 Å². The smallest absolute Gasteiger partial charge is 0.335 e. The van der Waals surface area contributed by atoms with Crippen LogP contribution in [0.2, 0.25) is 0 Å². The standard InChI is InChI=1S/C24H24N2O2.ClH/c1-25(2)21-13-9-18(10-14-21)23(17-5-7-20(8-6-17)24(27)28)19-11-15-22(16-12-19)26(3)4;/h5-16H,1-4H3;1H. The highest BCUT2D eigenvalue weighted by Gasteiger charge is 2.14. The fraction of sp³-hybridized carbons (Fsp3) is 0.167. The molecule has 1 aliphatic rings. The molecule has 0 radical (unpaired) electrons. The van der Waals surface area contributed by atoms with Crippen molar-refractivity contribution in [1.82, 2.24) is 0 Å². The molecule has 0 atom stereocenters. The fourth-order valence-electron chi connectivity index (χ4n) is 3.13. The SMILES string of the molecule is CN(C)c1ccc(C(=C2C=CC(=[N+](C)C)C=C2)c2ccc(C(=O)O)cc2)cc1.[Cl-]. The number of aromatic carboxylic acids is 1. The summed E-state index contributed by atoms with van der Waals surface area (Å²) < 4.78 is 2.07. The van der Waals surface area contributed by atoms with Gasteiger partial charge in [-0.25, -0.2) is 9.37 Å². The van der Waals surface area contributed by atoms with Crippen molar-refractivity contribution >= 4 is 22.9 Å². The normalized spacial score (nSPS) is 12.4. The summed E-state index contributed by atoms with van der Waals surface area (Å²) in [5, 5.41) is 9.20. The minimum atomic E-state index is -0.918. The third kappa shape index (κ3) is 5.04. The number of carboxylic acids is 1. The first kappa shape index (κ1) is 22.2. The molecule has 0 bridgehead atoms. The van der Waals surface area contributed by atoms with Crippen LogP contribution in [0.5, 0.6) is 0 Å². The summed E-state index contributed by atoms with van der Waals surface area (Å²) >= 11 is 0. The topological polar surface area (TPSA) is 43.5 Å². The quantitative estimate of drug-likeness (QED) is 0.770. The predicted molar refractivity (Wildman–Crippen MR) is 116 cm³/mol. The van der Waals surface area contributed by atoms with Crippen LogP contribution in [0.4, 0.5) is 5.69 Å². The van der Waals surface area contributed by atoms with Crippen molar-refractivity contribution < 1.29 is 26.9 Å². The van der Waals surface area contributed by atoms with E-state index in [1.54, 1.807) is 12.1 Å². The minimum absolute atomic E-state index is 0. The van der Waals surface area contributed by atoms with Crippen LogP contribution in [0.1, 0.15) is 21.5 Å². The van der Waals surface area contributed by atoms with Crippen LogP contribution in [0, 0.1) is 0 Å². The van der Waals surface area contributed by atoms with E-state index in [1.165, 1.54) is 0 Å². The molecular formula is C24H25ClN2O2. The van der Waals surface area contributed by atoms with Crippen LogP contribution in [-0.2, 0) is 0 Å². The largest absolute Gasteiger partial charge is 1.00 e. The fourth-order valence-corrected chi connectivity index (χ4v) is 3.13. The molecule has 0 fully saturated rings. The van der Waals surface area contributed by atoms with Gasteiger partial charge >= 0.3 is 5.97 Å². The average Bonchev–Trinajstić information content (AvgIpc) is 2.69. The highest BCUT2D eigenvalue weighted by Crippen LogP contribution is 2.31. The number of anilines is 1. The third-order valence-electron chi connectivity index (χ3n) is 4.77. The number of carbonyl (C=O) groups is 1. The Hall–Kier alpha value is -3.11. The van der Waals surface area contributed by atoms with E-state index in [4.69, 9.17) is 0 Å². The summed E-state index contributed by atoms with van der Waals surface area (Å²) in [5.41, 5.74) is 6.79. The molecule has 0 saturated heterocycles. The lowest BCUT2D eigenvalue weighted by Gasteiger charge is -2.16. The minimum Gasteiger partial charge on any atom is -1.00 e. The summed E-state index contributed by atoms with van der Waals surface area (Å²) in [6, 6.07) is 15.5. The Kier molecular flexibility index (Phi) is 7.18. The van der Waals surface area contributed by atoms with Gasteiger partial charge in [-0.15, -0.1) is 0 Å². The molecule has 29 heavy (non-hydrogen) atoms. The zero-order valence-corrected chi connectivity index (χ0v) is 17.8. The van der Waals surface area contributed by atoms with Crippen molar-refractivity contribution in [1.29, 1.82) is 0 Å². The number of halogens is 1. The van der Waals surface area contributed by atoms with Crippen molar-refractivity contribution in [3.05, 3.63) is 95.1 Å². The second-order valence-electron chi connectivity index (χ2n) is 7.14. The van der Waals surface area contributed by atoms with Crippen molar-refractivity contribution in [3.63, 3.8) is 0 Å². The number of carboxylic acid groups (broad SMARTS) is 1. The molecule has 0 unspecified atom stereocenters. The lowest BCUT2D eigenvalue weighted by molar-refractivity contribution is -0.462. The van der Waals surface area contributed by atoms with Crippen LogP contribution in [0.15, 0.2) is 78.4 Å². The van der Waals surface area contributed by atoms with Gasteiger partial charge in [0.1, 0.15) is 14.1 Å². The maximum absolute atomic E-state index is 11.2. The first-order chi connectivity index (χ1) is 13.4. The van der Waals surface area contributed by atoms with Crippen LogP contribution in [0.3, 0.4) is 0 Å². The molecule has 1 N–H and O–H groups in total. The Morgan fingerprint density at radius 1 is 0.793 bits per heavy atom. The molecule has 0 heterocycles. The van der Waals surface area contributed by atoms with Crippen LogP contribution < -0.4 is 17.3 Å². The number of hydrogen-bond acceptors (Lipinski definition) is 2. The molecule has 2 aromatic carbocycles. The average molecular weight is 409 g/mol. The van der Waals surface area contributed by atoms with E-state index >= 15 is 0 Å². The molecule has 0 saturated carbocycles. The number of allylic oxidation sites excluding steroid dienone is 5. The Labute approximate surface area is 178 Å². The monoisotopic (exact) mass is 408 g/mol. The second kappa shape index (κ2) is 9.39. The van der Waals surface area contributed by atoms with E-state index in [1.807, 2.05) is 40.3 Å². The number of benzene rings is 2. The van der Waals surface area contributed by atoms with Gasteiger partial charge in [-0.1, -0.05) is 24.3 Å². The Bertz CT molecular complexity index is 990.